The van der Waals surface area contributed by atoms with E-state index in [0.717, 1.165) is 17.1 Å². The third-order valence-corrected chi connectivity index (χ3v) is 3.94. The van der Waals surface area contributed by atoms with Gasteiger partial charge in [-0.25, -0.2) is 0 Å². The van der Waals surface area contributed by atoms with Gasteiger partial charge in [0, 0.05) is 31.0 Å². The second-order valence-corrected chi connectivity index (χ2v) is 5.56. The molecule has 0 spiro atoms. The summed E-state index contributed by atoms with van der Waals surface area (Å²) in [7, 11) is 0. The van der Waals surface area contributed by atoms with E-state index < -0.39 is 0 Å². The summed E-state index contributed by atoms with van der Waals surface area (Å²) in [6.07, 6.45) is 3.27. The van der Waals surface area contributed by atoms with E-state index in [0.29, 0.717) is 37.6 Å². The number of fused-ring (bicyclic) bond motifs is 1. The van der Waals surface area contributed by atoms with Crippen LogP contribution < -0.4 is 14.8 Å². The highest BCUT2D eigenvalue weighted by Gasteiger charge is 2.19. The minimum Gasteiger partial charge on any atom is -0.454 e. The average Bonchev–Trinajstić information content (AvgIpc) is 3.10. The van der Waals surface area contributed by atoms with Crippen LogP contribution in [0, 0.1) is 0 Å². The summed E-state index contributed by atoms with van der Waals surface area (Å²) in [5.41, 5.74) is 2.15. The van der Waals surface area contributed by atoms with Crippen molar-refractivity contribution in [2.75, 3.05) is 38.4 Å². The fraction of sp³-hybridized carbons (Fsp3) is 0.294. The van der Waals surface area contributed by atoms with E-state index in [1.54, 1.807) is 23.4 Å². The summed E-state index contributed by atoms with van der Waals surface area (Å²) in [4.78, 5) is 18.5. The zero-order valence-corrected chi connectivity index (χ0v) is 13.0. The Balaban J connectivity index is 1.51. The molecule has 1 aromatic carbocycles. The molecule has 1 aromatic heterocycles. The Hall–Kier alpha value is -2.80. The molecule has 0 radical (unpaired) electrons. The van der Waals surface area contributed by atoms with Gasteiger partial charge in [-0.15, -0.1) is 0 Å². The van der Waals surface area contributed by atoms with Crippen LogP contribution in [0.15, 0.2) is 36.7 Å². The molecule has 2 aliphatic heterocycles. The van der Waals surface area contributed by atoms with Gasteiger partial charge in [-0.1, -0.05) is 0 Å². The standard InChI is InChI=1S/C17H17N3O4/c21-17(20-3-5-22-6-4-20)12-7-14(10-18-9-12)19-13-1-2-15-16(8-13)24-11-23-15/h1-2,7-10,19H,3-6,11H2. The van der Waals surface area contributed by atoms with Crippen molar-refractivity contribution in [3.05, 3.63) is 42.2 Å². The lowest BCUT2D eigenvalue weighted by molar-refractivity contribution is 0.0302. The molecular formula is C17H17N3O4. The second kappa shape index (κ2) is 6.37. The van der Waals surface area contributed by atoms with Crippen LogP contribution in [0.4, 0.5) is 11.4 Å². The monoisotopic (exact) mass is 327 g/mol. The number of benzene rings is 1. The van der Waals surface area contributed by atoms with Crippen LogP contribution in [0.1, 0.15) is 10.4 Å². The molecule has 3 heterocycles. The van der Waals surface area contributed by atoms with Gasteiger partial charge >= 0.3 is 0 Å². The molecule has 0 saturated carbocycles. The molecule has 0 unspecified atom stereocenters. The number of nitrogens with zero attached hydrogens (tertiary/aromatic N) is 2. The van der Waals surface area contributed by atoms with E-state index in [1.807, 2.05) is 18.2 Å². The first kappa shape index (κ1) is 14.8. The Bertz CT molecular complexity index is 759. The van der Waals surface area contributed by atoms with Crippen molar-refractivity contribution in [1.82, 2.24) is 9.88 Å². The Labute approximate surface area is 139 Å². The highest BCUT2D eigenvalue weighted by molar-refractivity contribution is 5.95. The summed E-state index contributed by atoms with van der Waals surface area (Å²) in [6.45, 7) is 2.61. The maximum absolute atomic E-state index is 12.5. The first-order valence-corrected chi connectivity index (χ1v) is 7.78. The van der Waals surface area contributed by atoms with E-state index in [2.05, 4.69) is 10.3 Å². The molecular weight excluding hydrogens is 310 g/mol. The van der Waals surface area contributed by atoms with Gasteiger partial charge in [-0.3, -0.25) is 9.78 Å². The normalized spacial score (nSPS) is 16.1. The fourth-order valence-electron chi connectivity index (χ4n) is 2.72. The quantitative estimate of drug-likeness (QED) is 0.930. The van der Waals surface area contributed by atoms with Gasteiger partial charge in [0.05, 0.1) is 30.7 Å². The number of hydrogen-bond donors (Lipinski definition) is 1. The molecule has 1 N–H and O–H groups in total. The lowest BCUT2D eigenvalue weighted by Crippen LogP contribution is -2.40. The molecule has 7 nitrogen and oxygen atoms in total. The van der Waals surface area contributed by atoms with Gasteiger partial charge in [0.15, 0.2) is 11.5 Å². The number of aromatic nitrogens is 1. The van der Waals surface area contributed by atoms with Crippen molar-refractivity contribution in [3.8, 4) is 11.5 Å². The molecule has 24 heavy (non-hydrogen) atoms. The van der Waals surface area contributed by atoms with Gasteiger partial charge in [0.25, 0.3) is 5.91 Å². The number of pyridine rings is 1. The summed E-state index contributed by atoms with van der Waals surface area (Å²) in [6, 6.07) is 7.40. The molecule has 0 aliphatic carbocycles. The molecule has 1 fully saturated rings. The third kappa shape index (κ3) is 2.98. The summed E-state index contributed by atoms with van der Waals surface area (Å²) >= 11 is 0. The van der Waals surface area contributed by atoms with Crippen molar-refractivity contribution in [3.63, 3.8) is 0 Å². The zero-order valence-electron chi connectivity index (χ0n) is 13.0. The van der Waals surface area contributed by atoms with E-state index in [-0.39, 0.29) is 12.7 Å². The number of anilines is 2. The maximum Gasteiger partial charge on any atom is 0.255 e. The fourth-order valence-corrected chi connectivity index (χ4v) is 2.72. The van der Waals surface area contributed by atoms with Crippen LogP contribution in [0.5, 0.6) is 11.5 Å². The summed E-state index contributed by atoms with van der Waals surface area (Å²) < 4.78 is 15.9. The average molecular weight is 327 g/mol. The van der Waals surface area contributed by atoms with Crippen molar-refractivity contribution < 1.29 is 19.0 Å². The minimum absolute atomic E-state index is 0.0277. The molecule has 1 saturated heterocycles. The zero-order chi connectivity index (χ0) is 16.4. The number of carbonyl (C=O) groups is 1. The van der Waals surface area contributed by atoms with Gasteiger partial charge in [-0.05, 0) is 18.2 Å². The molecule has 2 aliphatic rings. The molecule has 0 atom stereocenters. The van der Waals surface area contributed by atoms with Crippen molar-refractivity contribution in [1.29, 1.82) is 0 Å². The second-order valence-electron chi connectivity index (χ2n) is 5.56. The van der Waals surface area contributed by atoms with Crippen LogP contribution in [-0.4, -0.2) is 48.9 Å². The first-order chi connectivity index (χ1) is 11.8. The minimum atomic E-state index is -0.0277. The van der Waals surface area contributed by atoms with E-state index in [4.69, 9.17) is 14.2 Å². The van der Waals surface area contributed by atoms with E-state index in [9.17, 15) is 4.79 Å². The Morgan fingerprint density at radius 1 is 1.04 bits per heavy atom. The molecule has 7 heteroatoms. The molecule has 1 amide bonds. The number of amides is 1. The largest absolute Gasteiger partial charge is 0.454 e. The number of ether oxygens (including phenoxy) is 3. The molecule has 2 aromatic rings. The first-order valence-electron chi connectivity index (χ1n) is 7.78. The predicted octanol–water partition coefficient (Wildman–Crippen LogP) is 2.03. The molecule has 4 rings (SSSR count). The Kier molecular flexibility index (Phi) is 3.92. The molecule has 124 valence electrons. The van der Waals surface area contributed by atoms with Crippen LogP contribution in [-0.2, 0) is 4.74 Å². The van der Waals surface area contributed by atoms with E-state index >= 15 is 0 Å². The summed E-state index contributed by atoms with van der Waals surface area (Å²) in [5, 5.41) is 3.24. The van der Waals surface area contributed by atoms with Crippen molar-refractivity contribution in [2.45, 2.75) is 0 Å². The molecule has 0 bridgehead atoms. The van der Waals surface area contributed by atoms with E-state index in [1.165, 1.54) is 0 Å². The number of nitrogens with one attached hydrogen (secondary N) is 1. The predicted molar refractivity (Wildman–Crippen MR) is 86.8 cm³/mol. The maximum atomic E-state index is 12.5. The van der Waals surface area contributed by atoms with Crippen LogP contribution in [0.2, 0.25) is 0 Å². The third-order valence-electron chi connectivity index (χ3n) is 3.94. The lowest BCUT2D eigenvalue weighted by atomic mass is 10.2. The Morgan fingerprint density at radius 3 is 2.75 bits per heavy atom. The number of hydrogen-bond acceptors (Lipinski definition) is 6. The summed E-state index contributed by atoms with van der Waals surface area (Å²) in [5.74, 6) is 1.41. The number of rotatable bonds is 3. The Morgan fingerprint density at radius 2 is 1.88 bits per heavy atom. The highest BCUT2D eigenvalue weighted by atomic mass is 16.7. The SMILES string of the molecule is O=C(c1cncc(Nc2ccc3c(c2)OCO3)c1)N1CCOCC1. The van der Waals surface area contributed by atoms with Gasteiger partial charge in [0.1, 0.15) is 0 Å². The van der Waals surface area contributed by atoms with Crippen molar-refractivity contribution in [2.24, 2.45) is 0 Å². The smallest absolute Gasteiger partial charge is 0.255 e. The van der Waals surface area contributed by atoms with Crippen LogP contribution in [0.25, 0.3) is 0 Å². The topological polar surface area (TPSA) is 72.9 Å². The lowest BCUT2D eigenvalue weighted by Gasteiger charge is -2.26. The van der Waals surface area contributed by atoms with Crippen molar-refractivity contribution >= 4 is 17.3 Å². The van der Waals surface area contributed by atoms with Crippen LogP contribution >= 0.6 is 0 Å². The van der Waals surface area contributed by atoms with Gasteiger partial charge in [-0.2, -0.15) is 0 Å². The van der Waals surface area contributed by atoms with Crippen LogP contribution in [0.3, 0.4) is 0 Å². The highest BCUT2D eigenvalue weighted by Crippen LogP contribution is 2.35. The number of carbonyl (C=O) groups excluding carboxylic acids is 1. The van der Waals surface area contributed by atoms with Gasteiger partial charge < -0.3 is 24.4 Å². The number of morpholine rings is 1. The van der Waals surface area contributed by atoms with Gasteiger partial charge in [0.2, 0.25) is 6.79 Å².